The highest BCUT2D eigenvalue weighted by Gasteiger charge is 2.40. The summed E-state index contributed by atoms with van der Waals surface area (Å²) in [5, 5.41) is 5.12. The van der Waals surface area contributed by atoms with Gasteiger partial charge in [0.1, 0.15) is 16.5 Å². The number of nitrogens with zero attached hydrogens (tertiary/aromatic N) is 1. The van der Waals surface area contributed by atoms with Crippen LogP contribution in [0.25, 0.3) is 0 Å². The fraction of sp³-hybridized carbons (Fsp3) is 0.111. The molecule has 1 aliphatic heterocycles. The molecule has 1 aliphatic rings. The van der Waals surface area contributed by atoms with E-state index in [4.69, 9.17) is 16.3 Å². The second-order valence-corrected chi connectivity index (χ2v) is 8.65. The highest BCUT2D eigenvalue weighted by molar-refractivity contribution is 6.53. The van der Waals surface area contributed by atoms with Gasteiger partial charge in [0.25, 0.3) is 17.7 Å². The minimum absolute atomic E-state index is 0.204. The average Bonchev–Trinajstić information content (AvgIpc) is 3.08. The monoisotopic (exact) mass is 521 g/mol. The molecule has 37 heavy (non-hydrogen) atoms. The molecule has 0 saturated heterocycles. The Hall–Kier alpha value is -4.50. The van der Waals surface area contributed by atoms with Gasteiger partial charge >= 0.3 is 5.97 Å². The maximum atomic E-state index is 14.2. The largest absolute Gasteiger partial charge is 0.459 e. The number of hydrogen-bond donors (Lipinski definition) is 2. The number of hydrogen-bond acceptors (Lipinski definition) is 6. The molecule has 1 heterocycles. The molecule has 2 N–H and O–H groups in total. The normalized spacial score (nSPS) is 13.3. The van der Waals surface area contributed by atoms with Crippen molar-refractivity contribution in [2.24, 2.45) is 0 Å². The molecule has 4 rings (SSSR count). The van der Waals surface area contributed by atoms with Gasteiger partial charge < -0.3 is 15.4 Å². The Kier molecular flexibility index (Phi) is 7.35. The SMILES string of the molecule is CC(C)OC(=O)c1ccc(NC(=O)c2ccc(NC3=C(Cl)C(=O)N(c4ccccc4F)C3=O)cc2)cc1. The lowest BCUT2D eigenvalue weighted by molar-refractivity contribution is -0.120. The van der Waals surface area contributed by atoms with Gasteiger partial charge in [0, 0.05) is 16.9 Å². The van der Waals surface area contributed by atoms with Gasteiger partial charge in [-0.3, -0.25) is 14.4 Å². The lowest BCUT2D eigenvalue weighted by Gasteiger charge is -2.15. The number of para-hydroxylation sites is 1. The molecule has 8 nitrogen and oxygen atoms in total. The van der Waals surface area contributed by atoms with Gasteiger partial charge in [0.15, 0.2) is 0 Å². The van der Waals surface area contributed by atoms with Crippen LogP contribution in [0.5, 0.6) is 0 Å². The van der Waals surface area contributed by atoms with Crippen LogP contribution in [0.3, 0.4) is 0 Å². The molecule has 10 heteroatoms. The number of benzene rings is 3. The highest BCUT2D eigenvalue weighted by atomic mass is 35.5. The van der Waals surface area contributed by atoms with Gasteiger partial charge in [0.2, 0.25) is 0 Å². The number of ether oxygens (including phenoxy) is 1. The number of carbonyl (C=O) groups excluding carboxylic acids is 4. The number of anilines is 3. The molecule has 0 aliphatic carbocycles. The summed E-state index contributed by atoms with van der Waals surface area (Å²) >= 11 is 6.09. The minimum atomic E-state index is -0.848. The van der Waals surface area contributed by atoms with Crippen molar-refractivity contribution in [2.75, 3.05) is 15.5 Å². The lowest BCUT2D eigenvalue weighted by atomic mass is 10.1. The zero-order valence-corrected chi connectivity index (χ0v) is 20.5. The van der Waals surface area contributed by atoms with Crippen molar-refractivity contribution in [3.05, 3.63) is 100 Å². The van der Waals surface area contributed by atoms with Crippen LogP contribution in [0.15, 0.2) is 83.5 Å². The number of carbonyl (C=O) groups is 4. The smallest absolute Gasteiger partial charge is 0.338 e. The van der Waals surface area contributed by atoms with Crippen molar-refractivity contribution in [1.29, 1.82) is 0 Å². The second-order valence-electron chi connectivity index (χ2n) is 8.27. The van der Waals surface area contributed by atoms with E-state index in [1.165, 1.54) is 42.5 Å². The van der Waals surface area contributed by atoms with Crippen molar-refractivity contribution >= 4 is 52.4 Å². The van der Waals surface area contributed by atoms with E-state index in [1.807, 2.05) is 0 Å². The van der Waals surface area contributed by atoms with Crippen molar-refractivity contribution < 1.29 is 28.3 Å². The topological polar surface area (TPSA) is 105 Å². The van der Waals surface area contributed by atoms with Crippen LogP contribution < -0.4 is 15.5 Å². The zero-order valence-electron chi connectivity index (χ0n) is 19.7. The first-order chi connectivity index (χ1) is 17.7. The quantitative estimate of drug-likeness (QED) is 0.332. The second kappa shape index (κ2) is 10.6. The van der Waals surface area contributed by atoms with E-state index in [1.54, 1.807) is 38.1 Å². The summed E-state index contributed by atoms with van der Waals surface area (Å²) in [5.74, 6) is -3.25. The number of nitrogens with one attached hydrogen (secondary N) is 2. The van der Waals surface area contributed by atoms with Crippen LogP contribution in [0.1, 0.15) is 34.6 Å². The summed E-state index contributed by atoms with van der Waals surface area (Å²) in [6, 6.07) is 17.7. The van der Waals surface area contributed by atoms with Gasteiger partial charge in [-0.25, -0.2) is 14.1 Å². The van der Waals surface area contributed by atoms with E-state index in [0.717, 1.165) is 6.07 Å². The average molecular weight is 522 g/mol. The first-order valence-corrected chi connectivity index (χ1v) is 11.6. The van der Waals surface area contributed by atoms with Crippen molar-refractivity contribution in [1.82, 2.24) is 0 Å². The van der Waals surface area contributed by atoms with E-state index in [0.29, 0.717) is 27.4 Å². The molecule has 188 valence electrons. The van der Waals surface area contributed by atoms with Crippen molar-refractivity contribution in [3.63, 3.8) is 0 Å². The summed E-state index contributed by atoms with van der Waals surface area (Å²) in [6.45, 7) is 3.51. The zero-order chi connectivity index (χ0) is 26.7. The Bertz CT molecular complexity index is 1420. The minimum Gasteiger partial charge on any atom is -0.459 e. The number of rotatable bonds is 7. The number of imide groups is 1. The summed E-state index contributed by atoms with van der Waals surface area (Å²) in [5.41, 5.74) is 1.13. The van der Waals surface area contributed by atoms with E-state index >= 15 is 0 Å². The molecule has 0 bridgehead atoms. The number of amides is 3. The summed E-state index contributed by atoms with van der Waals surface area (Å²) < 4.78 is 19.3. The summed E-state index contributed by atoms with van der Waals surface area (Å²) in [4.78, 5) is 50.6. The Balaban J connectivity index is 1.42. The number of halogens is 2. The molecule has 3 aromatic rings. The molecule has 0 atom stereocenters. The summed E-state index contributed by atoms with van der Waals surface area (Å²) in [7, 11) is 0. The molecule has 0 unspecified atom stereocenters. The third-order valence-electron chi connectivity index (χ3n) is 5.26. The van der Waals surface area contributed by atoms with Gasteiger partial charge in [0.05, 0.1) is 17.4 Å². The van der Waals surface area contributed by atoms with Crippen LogP contribution in [0.2, 0.25) is 0 Å². The fourth-order valence-corrected chi connectivity index (χ4v) is 3.70. The van der Waals surface area contributed by atoms with Gasteiger partial charge in [-0.15, -0.1) is 0 Å². The lowest BCUT2D eigenvalue weighted by Crippen LogP contribution is -2.33. The molecule has 3 amide bonds. The van der Waals surface area contributed by atoms with Crippen LogP contribution >= 0.6 is 11.6 Å². The Morgan fingerprint density at radius 1 is 0.865 bits per heavy atom. The molecular weight excluding hydrogens is 501 g/mol. The molecule has 0 fully saturated rings. The first kappa shape index (κ1) is 25.6. The van der Waals surface area contributed by atoms with E-state index < -0.39 is 29.5 Å². The molecule has 0 saturated carbocycles. The van der Waals surface area contributed by atoms with Crippen LogP contribution in [-0.2, 0) is 14.3 Å². The van der Waals surface area contributed by atoms with Crippen LogP contribution in [0.4, 0.5) is 21.5 Å². The number of esters is 1. The van der Waals surface area contributed by atoms with Gasteiger partial charge in [-0.1, -0.05) is 23.7 Å². The predicted molar refractivity (Wildman–Crippen MR) is 137 cm³/mol. The maximum Gasteiger partial charge on any atom is 0.338 e. The molecule has 0 aromatic heterocycles. The fourth-order valence-electron chi connectivity index (χ4n) is 3.49. The Morgan fingerprint density at radius 2 is 1.46 bits per heavy atom. The van der Waals surface area contributed by atoms with Gasteiger partial charge in [-0.2, -0.15) is 0 Å². The Morgan fingerprint density at radius 3 is 2.08 bits per heavy atom. The van der Waals surface area contributed by atoms with Crippen molar-refractivity contribution in [3.8, 4) is 0 Å². The van der Waals surface area contributed by atoms with Crippen LogP contribution in [0, 0.1) is 5.82 Å². The molecular formula is C27H21ClFN3O5. The third kappa shape index (κ3) is 5.52. The van der Waals surface area contributed by atoms with Crippen molar-refractivity contribution in [2.45, 2.75) is 20.0 Å². The van der Waals surface area contributed by atoms with Crippen LogP contribution in [-0.4, -0.2) is 29.8 Å². The highest BCUT2D eigenvalue weighted by Crippen LogP contribution is 2.31. The first-order valence-electron chi connectivity index (χ1n) is 11.2. The molecule has 0 radical (unpaired) electrons. The van der Waals surface area contributed by atoms with Gasteiger partial charge in [-0.05, 0) is 74.5 Å². The van der Waals surface area contributed by atoms with E-state index in [-0.39, 0.29) is 22.5 Å². The molecule has 0 spiro atoms. The standard InChI is InChI=1S/C27H21ClFN3O5/c1-15(2)37-27(36)17-9-13-19(14-10-17)31-24(33)16-7-11-18(12-8-16)30-23-22(28)25(34)32(26(23)35)21-6-4-3-5-20(21)29/h3-15,30H,1-2H3,(H,31,33). The maximum absolute atomic E-state index is 14.2. The molecule has 3 aromatic carbocycles. The summed E-state index contributed by atoms with van der Waals surface area (Å²) in [6.07, 6.45) is -0.241. The third-order valence-corrected chi connectivity index (χ3v) is 5.61. The Labute approximate surface area is 216 Å². The predicted octanol–water partition coefficient (Wildman–Crippen LogP) is 5.08. The van der Waals surface area contributed by atoms with E-state index in [2.05, 4.69) is 10.6 Å². The van der Waals surface area contributed by atoms with E-state index in [9.17, 15) is 23.6 Å².